The fourth-order valence-corrected chi connectivity index (χ4v) is 3.47. The number of ketones is 1. The topological polar surface area (TPSA) is 43.4 Å². The van der Waals surface area contributed by atoms with Gasteiger partial charge in [-0.3, -0.25) is 9.00 Å². The molecule has 4 heteroatoms. The van der Waals surface area contributed by atoms with Gasteiger partial charge >= 0.3 is 0 Å². The molecular formula is C14H18O3S. The molecule has 0 saturated carbocycles. The second-order valence-electron chi connectivity index (χ2n) is 4.63. The van der Waals surface area contributed by atoms with Crippen molar-refractivity contribution in [3.63, 3.8) is 0 Å². The average Bonchev–Trinajstić information content (AvgIpc) is 2.39. The number of Topliss-reactive ketones (excluding diaryl/α,β-unsaturated/α-hetero) is 1. The first kappa shape index (κ1) is 13.4. The van der Waals surface area contributed by atoms with Crippen LogP contribution >= 0.6 is 0 Å². The van der Waals surface area contributed by atoms with Crippen LogP contribution in [-0.2, 0) is 15.5 Å². The third-order valence-corrected chi connectivity index (χ3v) is 4.92. The van der Waals surface area contributed by atoms with Gasteiger partial charge in [0, 0.05) is 34.8 Å². The van der Waals surface area contributed by atoms with Gasteiger partial charge in [-0.1, -0.05) is 23.8 Å². The zero-order chi connectivity index (χ0) is 13.0. The molecule has 1 saturated heterocycles. The molecule has 18 heavy (non-hydrogen) atoms. The van der Waals surface area contributed by atoms with E-state index in [0.717, 1.165) is 18.4 Å². The van der Waals surface area contributed by atoms with E-state index >= 15 is 0 Å². The largest absolute Gasteiger partial charge is 0.381 e. The van der Waals surface area contributed by atoms with Crippen LogP contribution < -0.4 is 0 Å². The van der Waals surface area contributed by atoms with Crippen LogP contribution in [0.25, 0.3) is 0 Å². The van der Waals surface area contributed by atoms with Crippen molar-refractivity contribution in [2.24, 2.45) is 0 Å². The van der Waals surface area contributed by atoms with Crippen molar-refractivity contribution < 1.29 is 13.7 Å². The molecule has 0 spiro atoms. The summed E-state index contributed by atoms with van der Waals surface area (Å²) in [7, 11) is -1.07. The van der Waals surface area contributed by atoms with Gasteiger partial charge in [-0.2, -0.15) is 0 Å². The number of hydrogen-bond donors (Lipinski definition) is 0. The second-order valence-corrected chi connectivity index (χ2v) is 6.35. The molecule has 0 bridgehead atoms. The van der Waals surface area contributed by atoms with Gasteiger partial charge in [0.05, 0.1) is 5.75 Å². The van der Waals surface area contributed by atoms with Crippen molar-refractivity contribution in [3.05, 3.63) is 35.4 Å². The van der Waals surface area contributed by atoms with Crippen LogP contribution in [0.15, 0.2) is 24.3 Å². The smallest absolute Gasteiger partial charge is 0.175 e. The SMILES string of the molecule is Cc1cccc(C(=O)CS(=O)C2CCOCC2)c1. The van der Waals surface area contributed by atoms with Gasteiger partial charge in [0.25, 0.3) is 0 Å². The summed E-state index contributed by atoms with van der Waals surface area (Å²) in [5, 5.41) is 0.118. The van der Waals surface area contributed by atoms with E-state index in [9.17, 15) is 9.00 Å². The molecule has 1 aromatic carbocycles. The van der Waals surface area contributed by atoms with E-state index in [2.05, 4.69) is 0 Å². The molecule has 0 aliphatic carbocycles. The molecular weight excluding hydrogens is 248 g/mol. The summed E-state index contributed by atoms with van der Waals surface area (Å²) in [6, 6.07) is 7.45. The Kier molecular flexibility index (Phi) is 4.66. The van der Waals surface area contributed by atoms with E-state index in [1.54, 1.807) is 6.07 Å². The summed E-state index contributed by atoms with van der Waals surface area (Å²) >= 11 is 0. The summed E-state index contributed by atoms with van der Waals surface area (Å²) in [5.41, 5.74) is 1.72. The number of benzene rings is 1. The van der Waals surface area contributed by atoms with Crippen molar-refractivity contribution >= 4 is 16.6 Å². The van der Waals surface area contributed by atoms with Crippen molar-refractivity contribution in [3.8, 4) is 0 Å². The van der Waals surface area contributed by atoms with E-state index in [-0.39, 0.29) is 16.8 Å². The number of ether oxygens (including phenoxy) is 1. The summed E-state index contributed by atoms with van der Waals surface area (Å²) < 4.78 is 17.3. The van der Waals surface area contributed by atoms with Gasteiger partial charge < -0.3 is 4.74 Å². The lowest BCUT2D eigenvalue weighted by Crippen LogP contribution is -2.28. The van der Waals surface area contributed by atoms with Crippen LogP contribution in [0.4, 0.5) is 0 Å². The monoisotopic (exact) mass is 266 g/mol. The lowest BCUT2D eigenvalue weighted by atomic mass is 10.1. The van der Waals surface area contributed by atoms with Gasteiger partial charge in [-0.05, 0) is 25.8 Å². The van der Waals surface area contributed by atoms with Crippen LogP contribution in [0.5, 0.6) is 0 Å². The van der Waals surface area contributed by atoms with E-state index in [1.807, 2.05) is 25.1 Å². The molecule has 0 amide bonds. The molecule has 1 unspecified atom stereocenters. The molecule has 2 rings (SSSR count). The zero-order valence-corrected chi connectivity index (χ0v) is 11.4. The minimum Gasteiger partial charge on any atom is -0.381 e. The van der Waals surface area contributed by atoms with Crippen LogP contribution in [0.1, 0.15) is 28.8 Å². The molecule has 1 heterocycles. The number of carbonyl (C=O) groups excluding carboxylic acids is 1. The Morgan fingerprint density at radius 3 is 2.78 bits per heavy atom. The third-order valence-electron chi connectivity index (χ3n) is 3.15. The molecule has 1 aliphatic heterocycles. The summed E-state index contributed by atoms with van der Waals surface area (Å²) in [6.07, 6.45) is 1.60. The van der Waals surface area contributed by atoms with Gasteiger partial charge in [-0.25, -0.2) is 0 Å². The summed E-state index contributed by atoms with van der Waals surface area (Å²) in [4.78, 5) is 12.0. The summed E-state index contributed by atoms with van der Waals surface area (Å²) in [5.74, 6) is 0.109. The van der Waals surface area contributed by atoms with Gasteiger partial charge in [0.15, 0.2) is 5.78 Å². The highest BCUT2D eigenvalue weighted by molar-refractivity contribution is 7.86. The van der Waals surface area contributed by atoms with Crippen LogP contribution in [0.2, 0.25) is 0 Å². The molecule has 98 valence electrons. The van der Waals surface area contributed by atoms with E-state index in [4.69, 9.17) is 4.74 Å². The van der Waals surface area contributed by atoms with Crippen molar-refractivity contribution in [2.45, 2.75) is 25.0 Å². The van der Waals surface area contributed by atoms with Gasteiger partial charge in [0.1, 0.15) is 0 Å². The van der Waals surface area contributed by atoms with E-state index < -0.39 is 10.8 Å². The zero-order valence-electron chi connectivity index (χ0n) is 10.6. The maximum absolute atomic E-state index is 12.1. The fraction of sp³-hybridized carbons (Fsp3) is 0.500. The van der Waals surface area contributed by atoms with E-state index in [1.165, 1.54) is 0 Å². The molecule has 1 aromatic rings. The van der Waals surface area contributed by atoms with Crippen LogP contribution in [-0.4, -0.2) is 34.2 Å². The Morgan fingerprint density at radius 2 is 2.11 bits per heavy atom. The maximum atomic E-state index is 12.1. The van der Waals surface area contributed by atoms with Crippen molar-refractivity contribution in [2.75, 3.05) is 19.0 Å². The second kappa shape index (κ2) is 6.25. The Morgan fingerprint density at radius 1 is 1.39 bits per heavy atom. The normalized spacial score (nSPS) is 18.5. The van der Waals surface area contributed by atoms with E-state index in [0.29, 0.717) is 18.8 Å². The number of hydrogen-bond acceptors (Lipinski definition) is 3. The Hall–Kier alpha value is -1.00. The molecule has 0 aromatic heterocycles. The standard InChI is InChI=1S/C14H18O3S/c1-11-3-2-4-12(9-11)14(15)10-18(16)13-5-7-17-8-6-13/h2-4,9,13H,5-8,10H2,1H3. The lowest BCUT2D eigenvalue weighted by molar-refractivity contribution is 0.0980. The van der Waals surface area contributed by atoms with Crippen LogP contribution in [0, 0.1) is 6.92 Å². The minimum atomic E-state index is -1.07. The maximum Gasteiger partial charge on any atom is 0.175 e. The first-order chi connectivity index (χ1) is 8.66. The predicted molar refractivity (Wildman–Crippen MR) is 72.4 cm³/mol. The Bertz CT molecular complexity index is 450. The molecule has 1 atom stereocenters. The first-order valence-electron chi connectivity index (χ1n) is 6.21. The highest BCUT2D eigenvalue weighted by Crippen LogP contribution is 2.15. The molecule has 1 fully saturated rings. The van der Waals surface area contributed by atoms with Gasteiger partial charge in [0.2, 0.25) is 0 Å². The predicted octanol–water partition coefficient (Wildman–Crippen LogP) is 2.11. The third kappa shape index (κ3) is 3.50. The molecule has 3 nitrogen and oxygen atoms in total. The summed E-state index contributed by atoms with van der Waals surface area (Å²) in [6.45, 7) is 3.27. The Labute approximate surface area is 110 Å². The van der Waals surface area contributed by atoms with Crippen molar-refractivity contribution in [1.82, 2.24) is 0 Å². The average molecular weight is 266 g/mol. The fourth-order valence-electron chi connectivity index (χ4n) is 2.09. The Balaban J connectivity index is 1.96. The highest BCUT2D eigenvalue weighted by atomic mass is 32.2. The quantitative estimate of drug-likeness (QED) is 0.784. The number of aryl methyl sites for hydroxylation is 1. The molecule has 0 N–H and O–H groups in total. The highest BCUT2D eigenvalue weighted by Gasteiger charge is 2.22. The van der Waals surface area contributed by atoms with Gasteiger partial charge in [-0.15, -0.1) is 0 Å². The number of rotatable bonds is 4. The lowest BCUT2D eigenvalue weighted by Gasteiger charge is -2.21. The molecule has 1 aliphatic rings. The minimum absolute atomic E-state index is 0.0245. The number of carbonyl (C=O) groups is 1. The van der Waals surface area contributed by atoms with Crippen LogP contribution in [0.3, 0.4) is 0 Å². The van der Waals surface area contributed by atoms with Crippen molar-refractivity contribution in [1.29, 1.82) is 0 Å². The first-order valence-corrected chi connectivity index (χ1v) is 7.60. The molecule has 0 radical (unpaired) electrons.